The lowest BCUT2D eigenvalue weighted by Gasteiger charge is -2.15. The minimum absolute atomic E-state index is 0.0353. The van der Waals surface area contributed by atoms with Gasteiger partial charge >= 0.3 is 0 Å². The molecular formula is C17H13Cl3N2O3. The summed E-state index contributed by atoms with van der Waals surface area (Å²) >= 11 is 17.7. The Morgan fingerprint density at radius 2 is 1.84 bits per heavy atom. The van der Waals surface area contributed by atoms with Crippen LogP contribution in [0, 0.1) is 0 Å². The molecule has 0 aliphatic rings. The predicted molar refractivity (Wildman–Crippen MR) is 99.0 cm³/mol. The number of ether oxygens (including phenoxy) is 1. The summed E-state index contributed by atoms with van der Waals surface area (Å²) < 4.78 is 6.80. The Labute approximate surface area is 158 Å². The van der Waals surface area contributed by atoms with Crippen LogP contribution in [0.3, 0.4) is 0 Å². The van der Waals surface area contributed by atoms with Crippen LogP contribution >= 0.6 is 34.8 Å². The first-order valence-corrected chi connectivity index (χ1v) is 8.48. The van der Waals surface area contributed by atoms with Crippen molar-refractivity contribution >= 4 is 45.7 Å². The van der Waals surface area contributed by atoms with E-state index in [0.29, 0.717) is 31.7 Å². The molecule has 1 heterocycles. The maximum absolute atomic E-state index is 12.4. The number of aliphatic hydroxyl groups is 1. The summed E-state index contributed by atoms with van der Waals surface area (Å²) in [5.74, 6) is 0.406. The number of nitrogens with zero attached hydrogens (tertiary/aromatic N) is 2. The highest BCUT2D eigenvalue weighted by molar-refractivity contribution is 6.35. The van der Waals surface area contributed by atoms with Crippen LogP contribution in [0.25, 0.3) is 10.9 Å². The summed E-state index contributed by atoms with van der Waals surface area (Å²) in [7, 11) is 0. The molecule has 130 valence electrons. The molecule has 0 saturated carbocycles. The summed E-state index contributed by atoms with van der Waals surface area (Å²) in [6.45, 7) is 0.00204. The van der Waals surface area contributed by atoms with E-state index in [4.69, 9.17) is 39.5 Å². The van der Waals surface area contributed by atoms with Gasteiger partial charge in [-0.15, -0.1) is 0 Å². The fourth-order valence-corrected chi connectivity index (χ4v) is 2.95. The first kappa shape index (κ1) is 18.0. The second-order valence-electron chi connectivity index (χ2n) is 5.40. The van der Waals surface area contributed by atoms with Crippen LogP contribution in [0.4, 0.5) is 0 Å². The molecule has 25 heavy (non-hydrogen) atoms. The Morgan fingerprint density at radius 3 is 2.60 bits per heavy atom. The van der Waals surface area contributed by atoms with E-state index in [9.17, 15) is 9.90 Å². The predicted octanol–water partition coefficient (Wildman–Crippen LogP) is 3.80. The zero-order chi connectivity index (χ0) is 18.0. The topological polar surface area (TPSA) is 64.4 Å². The van der Waals surface area contributed by atoms with Crippen molar-refractivity contribution in [2.45, 2.75) is 12.6 Å². The van der Waals surface area contributed by atoms with Gasteiger partial charge in [-0.25, -0.2) is 4.98 Å². The molecule has 3 aromatic rings. The van der Waals surface area contributed by atoms with Gasteiger partial charge in [0.25, 0.3) is 5.56 Å². The van der Waals surface area contributed by atoms with Crippen molar-refractivity contribution in [1.82, 2.24) is 9.55 Å². The van der Waals surface area contributed by atoms with Crippen LogP contribution in [0.5, 0.6) is 5.75 Å². The van der Waals surface area contributed by atoms with Gasteiger partial charge in [0.2, 0.25) is 0 Å². The number of aromatic nitrogens is 2. The maximum atomic E-state index is 12.4. The van der Waals surface area contributed by atoms with E-state index in [0.717, 1.165) is 0 Å². The Morgan fingerprint density at radius 1 is 1.12 bits per heavy atom. The second-order valence-corrected chi connectivity index (χ2v) is 6.68. The third kappa shape index (κ3) is 4.25. The van der Waals surface area contributed by atoms with Gasteiger partial charge in [-0.3, -0.25) is 9.36 Å². The van der Waals surface area contributed by atoms with Gasteiger partial charge in [0.05, 0.1) is 28.8 Å². The van der Waals surface area contributed by atoms with E-state index >= 15 is 0 Å². The molecule has 0 aliphatic heterocycles. The SMILES string of the molecule is O=c1c2ccc(Cl)cc2ncn1C[C@@H](O)COc1ccc(Cl)cc1Cl. The van der Waals surface area contributed by atoms with Crippen LogP contribution in [0.1, 0.15) is 0 Å². The molecule has 0 amide bonds. The third-order valence-corrected chi connectivity index (χ3v) is 4.29. The van der Waals surface area contributed by atoms with Crippen molar-refractivity contribution in [3.63, 3.8) is 0 Å². The molecule has 1 N–H and O–H groups in total. The first-order valence-electron chi connectivity index (χ1n) is 7.34. The Hall–Kier alpha value is -1.79. The first-order chi connectivity index (χ1) is 11.9. The summed E-state index contributed by atoms with van der Waals surface area (Å²) in [5, 5.41) is 11.9. The highest BCUT2D eigenvalue weighted by atomic mass is 35.5. The zero-order valence-corrected chi connectivity index (χ0v) is 15.1. The summed E-state index contributed by atoms with van der Waals surface area (Å²) in [4.78, 5) is 16.6. The average molecular weight is 400 g/mol. The standard InChI is InChI=1S/C17H13Cl3N2O3/c18-10-2-4-16(14(20)5-10)25-8-12(23)7-22-9-21-15-6-11(19)1-3-13(15)17(22)24/h1-6,9,12,23H,7-8H2/t12-/m1/s1. The molecule has 5 nitrogen and oxygen atoms in total. The quantitative estimate of drug-likeness (QED) is 0.709. The Kier molecular flexibility index (Phi) is 5.49. The van der Waals surface area contributed by atoms with Crippen LogP contribution in [-0.4, -0.2) is 27.4 Å². The van der Waals surface area contributed by atoms with Crippen molar-refractivity contribution in [3.8, 4) is 5.75 Å². The molecular weight excluding hydrogens is 387 g/mol. The number of rotatable bonds is 5. The fraction of sp³-hybridized carbons (Fsp3) is 0.176. The van der Waals surface area contributed by atoms with Crippen molar-refractivity contribution < 1.29 is 9.84 Å². The van der Waals surface area contributed by atoms with E-state index in [1.165, 1.54) is 10.9 Å². The number of fused-ring (bicyclic) bond motifs is 1. The van der Waals surface area contributed by atoms with E-state index in [1.54, 1.807) is 36.4 Å². The molecule has 0 fully saturated rings. The van der Waals surface area contributed by atoms with Gasteiger partial charge in [0.15, 0.2) is 0 Å². The molecule has 2 aromatic carbocycles. The van der Waals surface area contributed by atoms with Crippen molar-refractivity contribution in [1.29, 1.82) is 0 Å². The number of hydrogen-bond acceptors (Lipinski definition) is 4. The zero-order valence-electron chi connectivity index (χ0n) is 12.8. The number of halogens is 3. The molecule has 0 bridgehead atoms. The monoisotopic (exact) mass is 398 g/mol. The molecule has 1 atom stereocenters. The summed E-state index contributed by atoms with van der Waals surface area (Å²) in [5.41, 5.74) is 0.248. The van der Waals surface area contributed by atoms with Crippen molar-refractivity contribution in [2.24, 2.45) is 0 Å². The van der Waals surface area contributed by atoms with Crippen LogP contribution in [0.15, 0.2) is 47.5 Å². The molecule has 1 aromatic heterocycles. The third-order valence-electron chi connectivity index (χ3n) is 3.52. The summed E-state index contributed by atoms with van der Waals surface area (Å²) in [6.07, 6.45) is 0.454. The fourth-order valence-electron chi connectivity index (χ4n) is 2.32. The van der Waals surface area contributed by atoms with Gasteiger partial charge in [-0.1, -0.05) is 34.8 Å². The average Bonchev–Trinajstić information content (AvgIpc) is 2.56. The molecule has 0 radical (unpaired) electrons. The maximum Gasteiger partial charge on any atom is 0.261 e. The van der Waals surface area contributed by atoms with Gasteiger partial charge in [-0.05, 0) is 36.4 Å². The van der Waals surface area contributed by atoms with Crippen molar-refractivity contribution in [3.05, 3.63) is 68.1 Å². The lowest BCUT2D eigenvalue weighted by Crippen LogP contribution is -2.30. The molecule has 0 unspecified atom stereocenters. The molecule has 0 aliphatic carbocycles. The molecule has 0 spiro atoms. The number of benzene rings is 2. The van der Waals surface area contributed by atoms with E-state index < -0.39 is 6.10 Å². The Balaban J connectivity index is 1.71. The van der Waals surface area contributed by atoms with E-state index in [1.807, 2.05) is 0 Å². The lowest BCUT2D eigenvalue weighted by molar-refractivity contribution is 0.0915. The normalized spacial score (nSPS) is 12.3. The number of hydrogen-bond donors (Lipinski definition) is 1. The number of aliphatic hydroxyl groups excluding tert-OH is 1. The molecule has 3 rings (SSSR count). The minimum atomic E-state index is -0.920. The second kappa shape index (κ2) is 7.62. The van der Waals surface area contributed by atoms with Crippen molar-refractivity contribution in [2.75, 3.05) is 6.61 Å². The van der Waals surface area contributed by atoms with Gasteiger partial charge in [0.1, 0.15) is 18.5 Å². The van der Waals surface area contributed by atoms with Gasteiger partial charge in [-0.2, -0.15) is 0 Å². The van der Waals surface area contributed by atoms with Crippen LogP contribution in [-0.2, 0) is 6.54 Å². The van der Waals surface area contributed by atoms with Gasteiger partial charge in [0, 0.05) is 10.0 Å². The molecule has 8 heteroatoms. The largest absolute Gasteiger partial charge is 0.489 e. The highest BCUT2D eigenvalue weighted by Crippen LogP contribution is 2.27. The Bertz CT molecular complexity index is 975. The van der Waals surface area contributed by atoms with Gasteiger partial charge < -0.3 is 9.84 Å². The van der Waals surface area contributed by atoms with E-state index in [-0.39, 0.29) is 18.7 Å². The molecule has 0 saturated heterocycles. The smallest absolute Gasteiger partial charge is 0.261 e. The lowest BCUT2D eigenvalue weighted by atomic mass is 10.2. The van der Waals surface area contributed by atoms with Crippen LogP contribution < -0.4 is 10.3 Å². The van der Waals surface area contributed by atoms with E-state index in [2.05, 4.69) is 4.98 Å². The minimum Gasteiger partial charge on any atom is -0.489 e. The highest BCUT2D eigenvalue weighted by Gasteiger charge is 2.12. The summed E-state index contributed by atoms with van der Waals surface area (Å²) in [6, 6.07) is 9.65. The van der Waals surface area contributed by atoms with Crippen LogP contribution in [0.2, 0.25) is 15.1 Å².